The van der Waals surface area contributed by atoms with Crippen LogP contribution in [0.1, 0.15) is 35.2 Å². The molecule has 0 spiro atoms. The average molecular weight is 451 g/mol. The van der Waals surface area contributed by atoms with Gasteiger partial charge in [-0.1, -0.05) is 72.8 Å². The largest absolute Gasteiger partial charge is 0.348 e. The van der Waals surface area contributed by atoms with Crippen LogP contribution in [-0.2, 0) is 21.2 Å². The fourth-order valence-corrected chi connectivity index (χ4v) is 5.29. The van der Waals surface area contributed by atoms with Gasteiger partial charge in [-0.25, -0.2) is 8.42 Å². The van der Waals surface area contributed by atoms with Gasteiger partial charge in [0.1, 0.15) is 0 Å². The minimum Gasteiger partial charge on any atom is -0.348 e. The number of amides is 1. The van der Waals surface area contributed by atoms with Crippen molar-refractivity contribution < 1.29 is 13.2 Å². The zero-order valence-corrected chi connectivity index (χ0v) is 19.6. The molecule has 0 saturated carbocycles. The molecule has 0 aliphatic rings. The van der Waals surface area contributed by atoms with Gasteiger partial charge in [-0.2, -0.15) is 4.31 Å². The van der Waals surface area contributed by atoms with Crippen molar-refractivity contribution in [2.75, 3.05) is 13.1 Å². The third-order valence-corrected chi connectivity index (χ3v) is 7.44. The Bertz CT molecular complexity index is 1150. The normalized spacial score (nSPS) is 12.5. The number of hydrogen-bond acceptors (Lipinski definition) is 3. The summed E-state index contributed by atoms with van der Waals surface area (Å²) in [5.74, 6) is -0.330. The summed E-state index contributed by atoms with van der Waals surface area (Å²) in [5, 5.41) is 2.93. The van der Waals surface area contributed by atoms with E-state index in [0.717, 1.165) is 16.7 Å². The van der Waals surface area contributed by atoms with E-state index in [0.29, 0.717) is 12.0 Å². The molecule has 5 nitrogen and oxygen atoms in total. The molecule has 168 valence electrons. The smallest absolute Gasteiger partial charge is 0.243 e. The number of nitrogens with zero attached hydrogens (tertiary/aromatic N) is 1. The Kier molecular flexibility index (Phi) is 7.83. The van der Waals surface area contributed by atoms with E-state index in [4.69, 9.17) is 0 Å². The predicted molar refractivity (Wildman–Crippen MR) is 128 cm³/mol. The van der Waals surface area contributed by atoms with Crippen molar-refractivity contribution in [3.8, 4) is 0 Å². The topological polar surface area (TPSA) is 66.5 Å². The molecule has 0 aliphatic carbocycles. The highest BCUT2D eigenvalue weighted by Gasteiger charge is 2.28. The fourth-order valence-electron chi connectivity index (χ4n) is 3.58. The number of aryl methyl sites for hydroxylation is 2. The van der Waals surface area contributed by atoms with E-state index in [2.05, 4.69) is 5.32 Å². The van der Waals surface area contributed by atoms with Crippen molar-refractivity contribution in [2.45, 2.75) is 38.1 Å². The number of carbonyl (C=O) groups is 1. The zero-order chi connectivity index (χ0) is 23.1. The summed E-state index contributed by atoms with van der Waals surface area (Å²) in [4.78, 5) is 13.1. The Balaban J connectivity index is 1.83. The highest BCUT2D eigenvalue weighted by molar-refractivity contribution is 7.89. The molecular weight excluding hydrogens is 420 g/mol. The SMILES string of the molecule is Cc1ccc(C)c(S(=O)(=O)N(CCc2ccccc2)CC(=O)N[C@H](C)c2ccccc2)c1. The van der Waals surface area contributed by atoms with Gasteiger partial charge in [0.25, 0.3) is 0 Å². The predicted octanol–water partition coefficient (Wildman–Crippen LogP) is 4.41. The standard InChI is InChI=1S/C26H30N2O3S/c1-20-14-15-21(2)25(18-20)32(30,31)28(17-16-23-10-6-4-7-11-23)19-26(29)27-22(3)24-12-8-5-9-13-24/h4-15,18,22H,16-17,19H2,1-3H3,(H,27,29)/t22-/m1/s1. The van der Waals surface area contributed by atoms with Crippen LogP contribution in [0.25, 0.3) is 0 Å². The van der Waals surface area contributed by atoms with Gasteiger partial charge < -0.3 is 5.32 Å². The van der Waals surface area contributed by atoms with Crippen molar-refractivity contribution in [1.29, 1.82) is 0 Å². The van der Waals surface area contributed by atoms with E-state index in [1.165, 1.54) is 4.31 Å². The molecule has 0 bridgehead atoms. The third-order valence-electron chi connectivity index (χ3n) is 5.45. The highest BCUT2D eigenvalue weighted by atomic mass is 32.2. The maximum absolute atomic E-state index is 13.6. The second-order valence-corrected chi connectivity index (χ2v) is 9.95. The van der Waals surface area contributed by atoms with Gasteiger partial charge in [0.15, 0.2) is 0 Å². The minimum atomic E-state index is -3.85. The Labute approximate surface area is 191 Å². The molecule has 6 heteroatoms. The molecule has 1 N–H and O–H groups in total. The Morgan fingerprint density at radius 2 is 1.56 bits per heavy atom. The lowest BCUT2D eigenvalue weighted by Gasteiger charge is -2.24. The molecule has 3 aromatic carbocycles. The lowest BCUT2D eigenvalue weighted by atomic mass is 10.1. The van der Waals surface area contributed by atoms with Crippen LogP contribution in [0.5, 0.6) is 0 Å². The van der Waals surface area contributed by atoms with Gasteiger partial charge in [0, 0.05) is 6.54 Å². The van der Waals surface area contributed by atoms with Crippen molar-refractivity contribution in [1.82, 2.24) is 9.62 Å². The number of nitrogens with one attached hydrogen (secondary N) is 1. The zero-order valence-electron chi connectivity index (χ0n) is 18.8. The van der Waals surface area contributed by atoms with Crippen molar-refractivity contribution in [2.24, 2.45) is 0 Å². The van der Waals surface area contributed by atoms with E-state index < -0.39 is 10.0 Å². The maximum atomic E-state index is 13.6. The number of benzene rings is 3. The molecule has 3 rings (SSSR count). The van der Waals surface area contributed by atoms with Crippen molar-refractivity contribution in [3.05, 3.63) is 101 Å². The second kappa shape index (κ2) is 10.6. The highest BCUT2D eigenvalue weighted by Crippen LogP contribution is 2.22. The molecule has 0 heterocycles. The minimum absolute atomic E-state index is 0.215. The number of sulfonamides is 1. The lowest BCUT2D eigenvalue weighted by molar-refractivity contribution is -0.121. The Morgan fingerprint density at radius 1 is 0.938 bits per heavy atom. The van der Waals surface area contributed by atoms with Crippen molar-refractivity contribution >= 4 is 15.9 Å². The Hall–Kier alpha value is -2.96. The summed E-state index contributed by atoms with van der Waals surface area (Å²) in [5.41, 5.74) is 3.51. The van der Waals surface area contributed by atoms with Gasteiger partial charge in [-0.05, 0) is 55.5 Å². The van der Waals surface area contributed by atoms with Gasteiger partial charge in [-0.3, -0.25) is 4.79 Å². The molecule has 32 heavy (non-hydrogen) atoms. The summed E-state index contributed by atoms with van der Waals surface area (Å²) in [6.45, 7) is 5.51. The van der Waals surface area contributed by atoms with E-state index in [-0.39, 0.29) is 29.9 Å². The quantitative estimate of drug-likeness (QED) is 0.525. The lowest BCUT2D eigenvalue weighted by Crippen LogP contribution is -2.42. The van der Waals surface area contributed by atoms with Crippen LogP contribution in [-0.4, -0.2) is 31.7 Å². The average Bonchev–Trinajstić information content (AvgIpc) is 2.79. The molecule has 1 amide bonds. The van der Waals surface area contributed by atoms with E-state index in [1.54, 1.807) is 19.1 Å². The van der Waals surface area contributed by atoms with Gasteiger partial charge >= 0.3 is 0 Å². The van der Waals surface area contributed by atoms with Crippen LogP contribution in [0.4, 0.5) is 0 Å². The number of rotatable bonds is 9. The monoisotopic (exact) mass is 450 g/mol. The number of carbonyl (C=O) groups excluding carboxylic acids is 1. The van der Waals surface area contributed by atoms with Crippen LogP contribution >= 0.6 is 0 Å². The van der Waals surface area contributed by atoms with Crippen LogP contribution < -0.4 is 5.32 Å². The first kappa shape index (κ1) is 23.7. The molecule has 0 fully saturated rings. The van der Waals surface area contributed by atoms with Gasteiger partial charge in [0.05, 0.1) is 17.5 Å². The first-order valence-corrected chi connectivity index (χ1v) is 12.2. The molecule has 3 aromatic rings. The molecule has 0 unspecified atom stereocenters. The molecule has 0 aromatic heterocycles. The Morgan fingerprint density at radius 3 is 2.22 bits per heavy atom. The maximum Gasteiger partial charge on any atom is 0.243 e. The van der Waals surface area contributed by atoms with Crippen molar-refractivity contribution in [3.63, 3.8) is 0 Å². The molecule has 0 saturated heterocycles. The summed E-state index contributed by atoms with van der Waals surface area (Å²) in [6, 6.07) is 24.4. The molecule has 1 atom stereocenters. The van der Waals surface area contributed by atoms with Crippen LogP contribution in [0.15, 0.2) is 83.8 Å². The first-order chi connectivity index (χ1) is 15.3. The fraction of sp³-hybridized carbons (Fsp3) is 0.269. The molecular formula is C26H30N2O3S. The third kappa shape index (κ3) is 6.05. The van der Waals surface area contributed by atoms with Gasteiger partial charge in [0.2, 0.25) is 15.9 Å². The van der Waals surface area contributed by atoms with Crippen LogP contribution in [0.2, 0.25) is 0 Å². The second-order valence-electron chi connectivity index (χ2n) is 8.04. The summed E-state index contributed by atoms with van der Waals surface area (Å²) in [7, 11) is -3.85. The first-order valence-electron chi connectivity index (χ1n) is 10.7. The van der Waals surface area contributed by atoms with E-state index >= 15 is 0 Å². The van der Waals surface area contributed by atoms with E-state index in [1.807, 2.05) is 80.6 Å². The summed E-state index contributed by atoms with van der Waals surface area (Å²) >= 11 is 0. The number of hydrogen-bond donors (Lipinski definition) is 1. The van der Waals surface area contributed by atoms with Crippen LogP contribution in [0, 0.1) is 13.8 Å². The van der Waals surface area contributed by atoms with Gasteiger partial charge in [-0.15, -0.1) is 0 Å². The summed E-state index contributed by atoms with van der Waals surface area (Å²) in [6.07, 6.45) is 0.520. The molecule has 0 aliphatic heterocycles. The van der Waals surface area contributed by atoms with E-state index in [9.17, 15) is 13.2 Å². The van der Waals surface area contributed by atoms with Crippen LogP contribution in [0.3, 0.4) is 0 Å². The summed E-state index contributed by atoms with van der Waals surface area (Å²) < 4.78 is 28.4. The molecule has 0 radical (unpaired) electrons.